The van der Waals surface area contributed by atoms with Crippen LogP contribution in [0.1, 0.15) is 15.9 Å². The van der Waals surface area contributed by atoms with Crippen molar-refractivity contribution in [2.75, 3.05) is 27.7 Å². The van der Waals surface area contributed by atoms with Crippen LogP contribution in [0.15, 0.2) is 48.5 Å². The minimum Gasteiger partial charge on any atom is -0.497 e. The fourth-order valence-electron chi connectivity index (χ4n) is 2.60. The van der Waals surface area contributed by atoms with Crippen molar-refractivity contribution in [1.82, 2.24) is 4.90 Å². The van der Waals surface area contributed by atoms with Crippen molar-refractivity contribution in [3.63, 3.8) is 0 Å². The standard InChI is InChI=1S/C19H22FNO2.ClH/c1-21(2)13-16(11-14-7-9-17(20)10-8-14)19(22)15-5-4-6-18(12-15)23-3;/h4-10,12,16H,11,13H2,1-3H3;1H. The van der Waals surface area contributed by atoms with Crippen LogP contribution < -0.4 is 4.74 Å². The number of carbonyl (C=O) groups is 1. The van der Waals surface area contributed by atoms with Crippen LogP contribution in [-0.2, 0) is 6.42 Å². The molecule has 0 aliphatic rings. The van der Waals surface area contributed by atoms with E-state index in [1.807, 2.05) is 31.1 Å². The summed E-state index contributed by atoms with van der Waals surface area (Å²) in [5.41, 5.74) is 1.59. The van der Waals surface area contributed by atoms with Gasteiger partial charge in [-0.05, 0) is 50.3 Å². The van der Waals surface area contributed by atoms with Crippen molar-refractivity contribution in [3.8, 4) is 5.75 Å². The number of hydrogen-bond donors (Lipinski definition) is 0. The molecule has 0 heterocycles. The van der Waals surface area contributed by atoms with Crippen molar-refractivity contribution < 1.29 is 13.9 Å². The van der Waals surface area contributed by atoms with E-state index in [4.69, 9.17) is 4.74 Å². The molecule has 0 spiro atoms. The van der Waals surface area contributed by atoms with E-state index in [0.717, 1.165) is 5.56 Å². The second-order valence-corrected chi connectivity index (χ2v) is 5.89. The molecule has 24 heavy (non-hydrogen) atoms. The number of carbonyl (C=O) groups excluding carboxylic acids is 1. The maximum atomic E-state index is 13.1. The van der Waals surface area contributed by atoms with Crippen molar-refractivity contribution in [2.45, 2.75) is 6.42 Å². The summed E-state index contributed by atoms with van der Waals surface area (Å²) < 4.78 is 18.2. The number of nitrogens with zero attached hydrogens (tertiary/aromatic N) is 1. The fraction of sp³-hybridized carbons (Fsp3) is 0.316. The van der Waals surface area contributed by atoms with Crippen LogP contribution in [0.2, 0.25) is 0 Å². The lowest BCUT2D eigenvalue weighted by Gasteiger charge is -2.20. The molecule has 0 aromatic heterocycles. The quantitative estimate of drug-likeness (QED) is 0.709. The third-order valence-corrected chi connectivity index (χ3v) is 3.71. The molecule has 0 N–H and O–H groups in total. The maximum Gasteiger partial charge on any atom is 0.167 e. The van der Waals surface area contributed by atoms with Gasteiger partial charge in [-0.15, -0.1) is 12.4 Å². The summed E-state index contributed by atoms with van der Waals surface area (Å²) in [6.07, 6.45) is 0.578. The Hall–Kier alpha value is -1.91. The monoisotopic (exact) mass is 351 g/mol. The van der Waals surface area contributed by atoms with Gasteiger partial charge in [0.25, 0.3) is 0 Å². The van der Waals surface area contributed by atoms with Crippen LogP contribution in [-0.4, -0.2) is 38.4 Å². The molecule has 5 heteroatoms. The molecule has 3 nitrogen and oxygen atoms in total. The Balaban J connectivity index is 0.00000288. The van der Waals surface area contributed by atoms with Gasteiger partial charge in [0.1, 0.15) is 11.6 Å². The van der Waals surface area contributed by atoms with Crippen molar-refractivity contribution in [1.29, 1.82) is 0 Å². The molecular formula is C19H23ClFNO2. The van der Waals surface area contributed by atoms with Crippen molar-refractivity contribution in [3.05, 3.63) is 65.5 Å². The highest BCUT2D eigenvalue weighted by Gasteiger charge is 2.21. The minimum absolute atomic E-state index is 0. The van der Waals surface area contributed by atoms with Gasteiger partial charge in [0.05, 0.1) is 7.11 Å². The van der Waals surface area contributed by atoms with E-state index in [-0.39, 0.29) is 29.9 Å². The van der Waals surface area contributed by atoms with E-state index >= 15 is 0 Å². The molecule has 0 saturated heterocycles. The molecule has 2 aromatic carbocycles. The van der Waals surface area contributed by atoms with Gasteiger partial charge >= 0.3 is 0 Å². The van der Waals surface area contributed by atoms with Crippen LogP contribution >= 0.6 is 12.4 Å². The third kappa shape index (κ3) is 5.62. The average Bonchev–Trinajstić information content (AvgIpc) is 2.55. The highest BCUT2D eigenvalue weighted by molar-refractivity contribution is 5.98. The number of ketones is 1. The lowest BCUT2D eigenvalue weighted by Crippen LogP contribution is -2.29. The van der Waals surface area contributed by atoms with Crippen LogP contribution in [0.25, 0.3) is 0 Å². The smallest absolute Gasteiger partial charge is 0.167 e. The Labute approximate surface area is 148 Å². The van der Waals surface area contributed by atoms with Gasteiger partial charge in [0.15, 0.2) is 5.78 Å². The maximum absolute atomic E-state index is 13.1. The first kappa shape index (κ1) is 20.1. The molecular weight excluding hydrogens is 329 g/mol. The molecule has 130 valence electrons. The van der Waals surface area contributed by atoms with Crippen molar-refractivity contribution in [2.24, 2.45) is 5.92 Å². The molecule has 0 fully saturated rings. The van der Waals surface area contributed by atoms with E-state index in [1.54, 1.807) is 31.4 Å². The largest absolute Gasteiger partial charge is 0.497 e. The summed E-state index contributed by atoms with van der Waals surface area (Å²) in [6, 6.07) is 13.5. The van der Waals surface area contributed by atoms with Crippen LogP contribution in [0.3, 0.4) is 0 Å². The number of ether oxygens (including phenoxy) is 1. The van der Waals surface area contributed by atoms with Gasteiger partial charge in [-0.3, -0.25) is 4.79 Å². The summed E-state index contributed by atoms with van der Waals surface area (Å²) in [5.74, 6) is 0.280. The summed E-state index contributed by atoms with van der Waals surface area (Å²) >= 11 is 0. The molecule has 2 aromatic rings. The van der Waals surface area contributed by atoms with Crippen LogP contribution in [0.5, 0.6) is 5.75 Å². The zero-order valence-electron chi connectivity index (χ0n) is 14.2. The first-order valence-electron chi connectivity index (χ1n) is 7.57. The van der Waals surface area contributed by atoms with E-state index in [1.165, 1.54) is 12.1 Å². The SMILES string of the molecule is COc1cccc(C(=O)C(Cc2ccc(F)cc2)CN(C)C)c1.Cl. The zero-order valence-corrected chi connectivity index (χ0v) is 15.0. The molecule has 2 rings (SSSR count). The van der Waals surface area contributed by atoms with Gasteiger partial charge in [-0.2, -0.15) is 0 Å². The van der Waals surface area contributed by atoms with Gasteiger partial charge < -0.3 is 9.64 Å². The lowest BCUT2D eigenvalue weighted by molar-refractivity contribution is 0.0896. The fourth-order valence-corrected chi connectivity index (χ4v) is 2.60. The second kappa shape index (κ2) is 9.40. The van der Waals surface area contributed by atoms with Gasteiger partial charge in [-0.25, -0.2) is 4.39 Å². The predicted octanol–water partition coefficient (Wildman–Crippen LogP) is 3.86. The van der Waals surface area contributed by atoms with E-state index in [2.05, 4.69) is 0 Å². The Kier molecular flexibility index (Phi) is 7.89. The molecule has 0 aliphatic carbocycles. The Morgan fingerprint density at radius 3 is 2.42 bits per heavy atom. The molecule has 1 atom stereocenters. The van der Waals surface area contributed by atoms with Gasteiger partial charge in [0, 0.05) is 18.0 Å². The third-order valence-electron chi connectivity index (χ3n) is 3.71. The zero-order chi connectivity index (χ0) is 16.8. The Morgan fingerprint density at radius 2 is 1.83 bits per heavy atom. The Morgan fingerprint density at radius 1 is 1.17 bits per heavy atom. The van der Waals surface area contributed by atoms with Gasteiger partial charge in [-0.1, -0.05) is 24.3 Å². The highest BCUT2D eigenvalue weighted by atomic mass is 35.5. The highest BCUT2D eigenvalue weighted by Crippen LogP contribution is 2.20. The number of methoxy groups -OCH3 is 1. The van der Waals surface area contributed by atoms with Crippen molar-refractivity contribution >= 4 is 18.2 Å². The Bertz CT molecular complexity index is 659. The van der Waals surface area contributed by atoms with Crippen LogP contribution in [0.4, 0.5) is 4.39 Å². The summed E-state index contributed by atoms with van der Waals surface area (Å²) in [4.78, 5) is 14.9. The van der Waals surface area contributed by atoms with E-state index in [0.29, 0.717) is 24.3 Å². The topological polar surface area (TPSA) is 29.5 Å². The normalized spacial score (nSPS) is 11.7. The van der Waals surface area contributed by atoms with Gasteiger partial charge in [0.2, 0.25) is 0 Å². The average molecular weight is 352 g/mol. The molecule has 0 bridgehead atoms. The minimum atomic E-state index is -0.267. The summed E-state index contributed by atoms with van der Waals surface area (Å²) in [5, 5.41) is 0. The molecule has 1 unspecified atom stereocenters. The number of hydrogen-bond acceptors (Lipinski definition) is 3. The molecule has 0 aliphatic heterocycles. The summed E-state index contributed by atoms with van der Waals surface area (Å²) in [6.45, 7) is 0.632. The van der Waals surface area contributed by atoms with E-state index in [9.17, 15) is 9.18 Å². The predicted molar refractivity (Wildman–Crippen MR) is 96.7 cm³/mol. The number of Topliss-reactive ketones (excluding diaryl/α,β-unsaturated/α-hetero) is 1. The number of halogens is 2. The van der Waals surface area contributed by atoms with Crippen LogP contribution in [0, 0.1) is 11.7 Å². The number of benzene rings is 2. The first-order valence-corrected chi connectivity index (χ1v) is 7.57. The first-order chi connectivity index (χ1) is 11.0. The number of rotatable bonds is 7. The molecule has 0 saturated carbocycles. The van der Waals surface area contributed by atoms with E-state index < -0.39 is 0 Å². The molecule has 0 radical (unpaired) electrons. The second-order valence-electron chi connectivity index (χ2n) is 5.89. The summed E-state index contributed by atoms with van der Waals surface area (Å²) in [7, 11) is 5.46. The molecule has 0 amide bonds. The lowest BCUT2D eigenvalue weighted by atomic mass is 9.90.